The van der Waals surface area contributed by atoms with Crippen LogP contribution in [0.4, 0.5) is 5.82 Å². The van der Waals surface area contributed by atoms with Crippen LogP contribution in [0.1, 0.15) is 12.5 Å². The van der Waals surface area contributed by atoms with Crippen molar-refractivity contribution >= 4 is 17.0 Å². The van der Waals surface area contributed by atoms with Gasteiger partial charge in [0.1, 0.15) is 11.8 Å². The largest absolute Gasteiger partial charge is 0.364 e. The Hall–Kier alpha value is -2.47. The normalized spacial score (nSPS) is 12.7. The number of hydrogen-bond acceptors (Lipinski definition) is 5. The Morgan fingerprint density at radius 1 is 1.18 bits per heavy atom. The Labute approximate surface area is 129 Å². The van der Waals surface area contributed by atoms with Gasteiger partial charge in [0.25, 0.3) is 0 Å². The van der Waals surface area contributed by atoms with E-state index in [1.807, 2.05) is 6.07 Å². The first-order valence-corrected chi connectivity index (χ1v) is 7.35. The Morgan fingerprint density at radius 3 is 2.82 bits per heavy atom. The molecule has 0 amide bonds. The maximum atomic E-state index is 4.30. The number of anilines is 1. The lowest BCUT2D eigenvalue weighted by Gasteiger charge is -2.22. The number of aromatic amines is 1. The van der Waals surface area contributed by atoms with Crippen LogP contribution in [0, 0.1) is 0 Å². The first-order valence-electron chi connectivity index (χ1n) is 7.35. The van der Waals surface area contributed by atoms with Gasteiger partial charge in [-0.25, -0.2) is 15.0 Å². The van der Waals surface area contributed by atoms with Gasteiger partial charge in [-0.1, -0.05) is 30.3 Å². The molecule has 22 heavy (non-hydrogen) atoms. The fourth-order valence-corrected chi connectivity index (χ4v) is 2.58. The van der Waals surface area contributed by atoms with Crippen LogP contribution in [-0.4, -0.2) is 44.5 Å². The summed E-state index contributed by atoms with van der Waals surface area (Å²) in [6.45, 7) is 3.98. The van der Waals surface area contributed by atoms with E-state index in [4.69, 9.17) is 0 Å². The Bertz CT molecular complexity index is 724. The molecule has 0 bridgehead atoms. The number of H-pyrrole nitrogens is 1. The highest BCUT2D eigenvalue weighted by Gasteiger charge is 2.11. The van der Waals surface area contributed by atoms with Gasteiger partial charge in [0.15, 0.2) is 11.5 Å². The number of nitrogens with one attached hydrogen (secondary N) is 2. The van der Waals surface area contributed by atoms with Crippen LogP contribution in [0.15, 0.2) is 43.0 Å². The molecule has 1 atom stereocenters. The number of nitrogens with zero attached hydrogens (tertiary/aromatic N) is 4. The van der Waals surface area contributed by atoms with Crippen molar-refractivity contribution in [3.63, 3.8) is 0 Å². The number of imidazole rings is 1. The van der Waals surface area contributed by atoms with Crippen molar-refractivity contribution in [3.8, 4) is 0 Å². The summed E-state index contributed by atoms with van der Waals surface area (Å²) in [5.41, 5.74) is 2.84. The van der Waals surface area contributed by atoms with Crippen LogP contribution in [0.25, 0.3) is 11.2 Å². The third-order valence-electron chi connectivity index (χ3n) is 3.49. The third-order valence-corrected chi connectivity index (χ3v) is 3.49. The van der Waals surface area contributed by atoms with Gasteiger partial charge in [0, 0.05) is 19.1 Å². The minimum Gasteiger partial charge on any atom is -0.364 e. The molecule has 2 aromatic heterocycles. The summed E-state index contributed by atoms with van der Waals surface area (Å²) in [4.78, 5) is 17.9. The van der Waals surface area contributed by atoms with Gasteiger partial charge in [-0.2, -0.15) is 0 Å². The van der Waals surface area contributed by atoms with Crippen molar-refractivity contribution in [3.05, 3.63) is 48.5 Å². The molecule has 0 fully saturated rings. The molecular formula is C16H20N6. The second-order valence-electron chi connectivity index (χ2n) is 5.55. The third kappa shape index (κ3) is 3.40. The summed E-state index contributed by atoms with van der Waals surface area (Å²) < 4.78 is 0. The predicted molar refractivity (Wildman–Crippen MR) is 87.5 cm³/mol. The number of aromatic nitrogens is 4. The van der Waals surface area contributed by atoms with Gasteiger partial charge in [0.05, 0.1) is 6.33 Å². The molecule has 2 heterocycles. The van der Waals surface area contributed by atoms with Crippen molar-refractivity contribution in [1.29, 1.82) is 0 Å². The molecule has 6 heteroatoms. The van der Waals surface area contributed by atoms with Gasteiger partial charge in [-0.05, 0) is 19.5 Å². The second-order valence-corrected chi connectivity index (χ2v) is 5.55. The summed E-state index contributed by atoms with van der Waals surface area (Å²) in [7, 11) is 2.12. The smallest absolute Gasteiger partial charge is 0.182 e. The molecule has 3 rings (SSSR count). The molecule has 1 aromatic carbocycles. The molecule has 3 aromatic rings. The van der Waals surface area contributed by atoms with E-state index in [2.05, 4.69) is 68.4 Å². The zero-order chi connectivity index (χ0) is 15.4. The highest BCUT2D eigenvalue weighted by atomic mass is 15.1. The lowest BCUT2D eigenvalue weighted by atomic mass is 10.2. The standard InChI is InChI=1S/C16H20N6/c1-12(8-22(2)9-13-6-4-3-5-7-13)21-16-14-15(18-10-17-14)19-11-20-16/h3-7,10-12H,8-9H2,1-2H3,(H2,17,18,19,20,21). The van der Waals surface area contributed by atoms with Crippen molar-refractivity contribution < 1.29 is 0 Å². The average molecular weight is 296 g/mol. The van der Waals surface area contributed by atoms with Crippen LogP contribution in [0.5, 0.6) is 0 Å². The molecule has 0 aliphatic carbocycles. The molecule has 114 valence electrons. The summed E-state index contributed by atoms with van der Waals surface area (Å²) in [5, 5.41) is 3.42. The highest BCUT2D eigenvalue weighted by molar-refractivity contribution is 5.81. The Kier molecular flexibility index (Phi) is 4.29. The van der Waals surface area contributed by atoms with Crippen molar-refractivity contribution in [2.24, 2.45) is 0 Å². The quantitative estimate of drug-likeness (QED) is 0.730. The topological polar surface area (TPSA) is 69.7 Å². The van der Waals surface area contributed by atoms with E-state index in [0.29, 0.717) is 5.65 Å². The fraction of sp³-hybridized carbons (Fsp3) is 0.312. The zero-order valence-corrected chi connectivity index (χ0v) is 12.8. The van der Waals surface area contributed by atoms with Crippen LogP contribution in [-0.2, 0) is 6.54 Å². The van der Waals surface area contributed by atoms with Crippen LogP contribution >= 0.6 is 0 Å². The molecule has 2 N–H and O–H groups in total. The number of benzene rings is 1. The monoisotopic (exact) mass is 296 g/mol. The fourth-order valence-electron chi connectivity index (χ4n) is 2.58. The lowest BCUT2D eigenvalue weighted by Crippen LogP contribution is -2.32. The molecular weight excluding hydrogens is 276 g/mol. The maximum Gasteiger partial charge on any atom is 0.182 e. The van der Waals surface area contributed by atoms with Crippen molar-refractivity contribution in [2.45, 2.75) is 19.5 Å². The van der Waals surface area contributed by atoms with Crippen LogP contribution in [0.2, 0.25) is 0 Å². The SMILES string of the molecule is CC(CN(C)Cc1ccccc1)Nc1ncnc2nc[nH]c12. The molecule has 0 aliphatic rings. The molecule has 0 aliphatic heterocycles. The predicted octanol–water partition coefficient (Wildman–Crippen LogP) is 2.29. The molecule has 0 radical (unpaired) electrons. The summed E-state index contributed by atoms with van der Waals surface area (Å²) in [6.07, 6.45) is 3.17. The molecule has 1 unspecified atom stereocenters. The van der Waals surface area contributed by atoms with Gasteiger partial charge >= 0.3 is 0 Å². The van der Waals surface area contributed by atoms with E-state index in [1.165, 1.54) is 11.9 Å². The van der Waals surface area contributed by atoms with Gasteiger partial charge in [0.2, 0.25) is 0 Å². The maximum absolute atomic E-state index is 4.30. The van der Waals surface area contributed by atoms with E-state index >= 15 is 0 Å². The number of rotatable bonds is 6. The summed E-state index contributed by atoms with van der Waals surface area (Å²) >= 11 is 0. The van der Waals surface area contributed by atoms with Gasteiger partial charge in [-0.15, -0.1) is 0 Å². The first kappa shape index (κ1) is 14.5. The highest BCUT2D eigenvalue weighted by Crippen LogP contribution is 2.15. The molecule has 0 saturated heterocycles. The second kappa shape index (κ2) is 6.53. The number of fused-ring (bicyclic) bond motifs is 1. The first-order chi connectivity index (χ1) is 10.7. The van der Waals surface area contributed by atoms with Crippen LogP contribution < -0.4 is 5.32 Å². The molecule has 0 spiro atoms. The van der Waals surface area contributed by atoms with E-state index in [9.17, 15) is 0 Å². The number of hydrogen-bond donors (Lipinski definition) is 2. The van der Waals surface area contributed by atoms with E-state index < -0.39 is 0 Å². The zero-order valence-electron chi connectivity index (χ0n) is 12.8. The Morgan fingerprint density at radius 2 is 2.00 bits per heavy atom. The minimum absolute atomic E-state index is 0.259. The number of likely N-dealkylation sites (N-methyl/N-ethyl adjacent to an activating group) is 1. The minimum atomic E-state index is 0.259. The lowest BCUT2D eigenvalue weighted by molar-refractivity contribution is 0.316. The summed E-state index contributed by atoms with van der Waals surface area (Å²) in [5.74, 6) is 0.795. The summed E-state index contributed by atoms with van der Waals surface area (Å²) in [6, 6.07) is 10.7. The van der Waals surface area contributed by atoms with Gasteiger partial charge in [-0.3, -0.25) is 0 Å². The molecule has 6 nitrogen and oxygen atoms in total. The Balaban J connectivity index is 1.60. The van der Waals surface area contributed by atoms with Crippen LogP contribution in [0.3, 0.4) is 0 Å². The van der Waals surface area contributed by atoms with E-state index in [-0.39, 0.29) is 6.04 Å². The van der Waals surface area contributed by atoms with E-state index in [1.54, 1.807) is 6.33 Å². The van der Waals surface area contributed by atoms with E-state index in [0.717, 1.165) is 24.4 Å². The van der Waals surface area contributed by atoms with Crippen molar-refractivity contribution in [1.82, 2.24) is 24.8 Å². The van der Waals surface area contributed by atoms with Gasteiger partial charge < -0.3 is 15.2 Å². The average Bonchev–Trinajstić information content (AvgIpc) is 2.97. The molecule has 0 saturated carbocycles. The van der Waals surface area contributed by atoms with Crippen molar-refractivity contribution in [2.75, 3.05) is 18.9 Å².